The number of halogens is 1. The van der Waals surface area contributed by atoms with Crippen LogP contribution in [0.5, 0.6) is 0 Å². The van der Waals surface area contributed by atoms with Crippen LogP contribution in [0.1, 0.15) is 63.7 Å². The highest BCUT2D eigenvalue weighted by Gasteiger charge is 2.29. The van der Waals surface area contributed by atoms with Gasteiger partial charge in [-0.1, -0.05) is 6.07 Å². The van der Waals surface area contributed by atoms with E-state index in [4.69, 9.17) is 10.5 Å². The molecule has 1 aromatic carbocycles. The lowest BCUT2D eigenvalue weighted by Crippen LogP contribution is -2.51. The molecule has 3 saturated heterocycles. The van der Waals surface area contributed by atoms with Gasteiger partial charge < -0.3 is 20.3 Å². The summed E-state index contributed by atoms with van der Waals surface area (Å²) in [6.45, 7) is 12.7. The normalized spacial score (nSPS) is 21.1. The van der Waals surface area contributed by atoms with Crippen molar-refractivity contribution >= 4 is 29.4 Å². The highest BCUT2D eigenvalue weighted by atomic mass is 19.1. The summed E-state index contributed by atoms with van der Waals surface area (Å²) in [5.41, 5.74) is 5.51. The molecular formula is C28H42FN5O5. The highest BCUT2D eigenvalue weighted by molar-refractivity contribution is 6.00. The van der Waals surface area contributed by atoms with Gasteiger partial charge in [-0.25, -0.2) is 9.18 Å². The summed E-state index contributed by atoms with van der Waals surface area (Å²) in [5.74, 6) is -0.655. The molecular weight excluding hydrogens is 505 g/mol. The number of ketones is 1. The number of Topliss-reactive ketones (excluding diaryl/α,β-unsaturated/α-hetero) is 1. The molecule has 0 saturated carbocycles. The highest BCUT2D eigenvalue weighted by Crippen LogP contribution is 2.28. The Morgan fingerprint density at radius 2 is 1.69 bits per heavy atom. The minimum absolute atomic E-state index is 0.164. The Hall–Kier alpha value is -3.05. The number of piperazine rings is 1. The lowest BCUT2D eigenvalue weighted by atomic mass is 9.95. The van der Waals surface area contributed by atoms with Crippen LogP contribution in [0.3, 0.4) is 0 Å². The van der Waals surface area contributed by atoms with E-state index < -0.39 is 17.5 Å². The number of piperidine rings is 2. The zero-order valence-electron chi connectivity index (χ0n) is 23.5. The van der Waals surface area contributed by atoms with E-state index in [1.165, 1.54) is 6.92 Å². The van der Waals surface area contributed by atoms with E-state index in [1.54, 1.807) is 23.1 Å². The van der Waals surface area contributed by atoms with Crippen LogP contribution in [0, 0.1) is 11.7 Å². The molecule has 0 aliphatic carbocycles. The van der Waals surface area contributed by atoms with E-state index in [0.29, 0.717) is 37.5 Å². The number of benzene rings is 1. The minimum Gasteiger partial charge on any atom is -0.444 e. The SMILES string of the molecule is CC(=O)c1cccc(N2CCC(CN3CCN(C(=O)OC(C)(C)C)CC3)CC2)c1F.NC1CCC(=O)NC1=O. The second kappa shape index (κ2) is 13.3. The Kier molecular flexibility index (Phi) is 10.4. The van der Waals surface area contributed by atoms with E-state index in [2.05, 4.69) is 15.1 Å². The quantitative estimate of drug-likeness (QED) is 0.435. The standard InChI is InChI=1S/C23H34FN3O3.C5H8N2O2/c1-17(28)19-6-5-7-20(21(19)24)26-10-8-18(9-11-26)16-25-12-14-27(15-13-25)22(29)30-23(2,3)4;6-3-1-2-4(8)7-5(3)9/h5-7,18H,8-16H2,1-4H3;3H,1-2,6H2,(H,7,8,9). The minimum atomic E-state index is -0.484. The molecule has 3 N–H and O–H groups in total. The summed E-state index contributed by atoms with van der Waals surface area (Å²) < 4.78 is 20.1. The Balaban J connectivity index is 0.000000395. The molecule has 3 aliphatic rings. The number of carbonyl (C=O) groups excluding carboxylic acids is 4. The maximum atomic E-state index is 14.7. The number of carbonyl (C=O) groups is 4. The summed E-state index contributed by atoms with van der Waals surface area (Å²) in [7, 11) is 0. The molecule has 0 aromatic heterocycles. The first kappa shape index (κ1) is 30.5. The zero-order chi connectivity index (χ0) is 28.7. The first-order valence-corrected chi connectivity index (χ1v) is 13.7. The van der Waals surface area contributed by atoms with Crippen molar-refractivity contribution in [2.75, 3.05) is 50.7 Å². The van der Waals surface area contributed by atoms with Crippen LogP contribution in [0.2, 0.25) is 0 Å². The van der Waals surface area contributed by atoms with Gasteiger partial charge in [-0.05, 0) is 65.0 Å². The molecule has 0 bridgehead atoms. The first-order chi connectivity index (χ1) is 18.3. The molecule has 11 heteroatoms. The first-order valence-electron chi connectivity index (χ1n) is 13.7. The molecule has 1 unspecified atom stereocenters. The molecule has 1 aromatic rings. The number of nitrogens with one attached hydrogen (secondary N) is 1. The van der Waals surface area contributed by atoms with Crippen molar-refractivity contribution in [1.29, 1.82) is 0 Å². The number of imide groups is 1. The molecule has 3 fully saturated rings. The summed E-state index contributed by atoms with van der Waals surface area (Å²) in [5, 5.41) is 2.13. The molecule has 0 spiro atoms. The van der Waals surface area contributed by atoms with Gasteiger partial charge in [0.05, 0.1) is 17.3 Å². The van der Waals surface area contributed by atoms with Gasteiger partial charge in [0.2, 0.25) is 11.8 Å². The number of anilines is 1. The predicted octanol–water partition coefficient (Wildman–Crippen LogP) is 2.55. The Labute approximate surface area is 230 Å². The van der Waals surface area contributed by atoms with Crippen LogP contribution >= 0.6 is 0 Å². The van der Waals surface area contributed by atoms with Gasteiger partial charge in [-0.3, -0.25) is 24.6 Å². The number of nitrogens with two attached hydrogens (primary N) is 1. The van der Waals surface area contributed by atoms with E-state index in [1.807, 2.05) is 20.8 Å². The van der Waals surface area contributed by atoms with E-state index in [9.17, 15) is 23.6 Å². The second-order valence-electron chi connectivity index (χ2n) is 11.5. The molecule has 39 heavy (non-hydrogen) atoms. The largest absolute Gasteiger partial charge is 0.444 e. The average molecular weight is 548 g/mol. The second-order valence-corrected chi connectivity index (χ2v) is 11.5. The van der Waals surface area contributed by atoms with Gasteiger partial charge in [0, 0.05) is 52.2 Å². The van der Waals surface area contributed by atoms with Gasteiger partial charge in [-0.2, -0.15) is 0 Å². The monoisotopic (exact) mass is 547 g/mol. The molecule has 1 atom stereocenters. The average Bonchev–Trinajstić information content (AvgIpc) is 2.87. The lowest BCUT2D eigenvalue weighted by molar-refractivity contribution is -0.134. The van der Waals surface area contributed by atoms with Crippen molar-refractivity contribution in [2.24, 2.45) is 11.7 Å². The molecule has 3 amide bonds. The van der Waals surface area contributed by atoms with Crippen LogP contribution in [0.4, 0.5) is 14.9 Å². The fraction of sp³-hybridized carbons (Fsp3) is 0.643. The Morgan fingerprint density at radius 1 is 1.05 bits per heavy atom. The number of ether oxygens (including phenoxy) is 1. The van der Waals surface area contributed by atoms with Crippen LogP contribution in [-0.2, 0) is 14.3 Å². The molecule has 0 radical (unpaired) electrons. The Bertz CT molecular complexity index is 1040. The third-order valence-corrected chi connectivity index (χ3v) is 7.14. The van der Waals surface area contributed by atoms with Crippen molar-refractivity contribution in [3.8, 4) is 0 Å². The third-order valence-electron chi connectivity index (χ3n) is 7.14. The topological polar surface area (TPSA) is 125 Å². The number of hydrogen-bond acceptors (Lipinski definition) is 8. The van der Waals surface area contributed by atoms with Crippen molar-refractivity contribution < 1.29 is 28.3 Å². The summed E-state index contributed by atoms with van der Waals surface area (Å²) >= 11 is 0. The number of amides is 3. The number of nitrogens with zero attached hydrogens (tertiary/aromatic N) is 3. The van der Waals surface area contributed by atoms with Crippen LogP contribution < -0.4 is 16.0 Å². The van der Waals surface area contributed by atoms with E-state index in [-0.39, 0.29) is 29.3 Å². The zero-order valence-corrected chi connectivity index (χ0v) is 23.5. The van der Waals surface area contributed by atoms with Gasteiger partial charge >= 0.3 is 6.09 Å². The fourth-order valence-electron chi connectivity index (χ4n) is 4.91. The Morgan fingerprint density at radius 3 is 2.23 bits per heavy atom. The predicted molar refractivity (Wildman–Crippen MR) is 146 cm³/mol. The van der Waals surface area contributed by atoms with Gasteiger partial charge in [0.25, 0.3) is 0 Å². The van der Waals surface area contributed by atoms with Crippen molar-refractivity contribution in [3.63, 3.8) is 0 Å². The molecule has 4 rings (SSSR count). The van der Waals surface area contributed by atoms with Crippen LogP contribution in [-0.4, -0.2) is 90.9 Å². The molecule has 10 nitrogen and oxygen atoms in total. The maximum Gasteiger partial charge on any atom is 0.410 e. The number of rotatable bonds is 4. The van der Waals surface area contributed by atoms with Crippen molar-refractivity contribution in [2.45, 2.75) is 65.0 Å². The van der Waals surface area contributed by atoms with Gasteiger partial charge in [0.1, 0.15) is 5.60 Å². The third kappa shape index (κ3) is 8.99. The lowest BCUT2D eigenvalue weighted by Gasteiger charge is -2.39. The van der Waals surface area contributed by atoms with Gasteiger partial charge in [-0.15, -0.1) is 0 Å². The molecule has 3 aliphatic heterocycles. The fourth-order valence-corrected chi connectivity index (χ4v) is 4.91. The summed E-state index contributed by atoms with van der Waals surface area (Å²) in [6.07, 6.45) is 2.61. The summed E-state index contributed by atoms with van der Waals surface area (Å²) in [4.78, 5) is 51.0. The molecule has 216 valence electrons. The maximum absolute atomic E-state index is 14.7. The van der Waals surface area contributed by atoms with Crippen LogP contribution in [0.15, 0.2) is 18.2 Å². The van der Waals surface area contributed by atoms with Gasteiger partial charge in [0.15, 0.2) is 11.6 Å². The van der Waals surface area contributed by atoms with Crippen molar-refractivity contribution in [1.82, 2.24) is 15.1 Å². The smallest absolute Gasteiger partial charge is 0.410 e. The van der Waals surface area contributed by atoms with Crippen LogP contribution in [0.25, 0.3) is 0 Å². The molecule has 3 heterocycles. The number of hydrogen-bond donors (Lipinski definition) is 2. The van der Waals surface area contributed by atoms with Crippen molar-refractivity contribution in [3.05, 3.63) is 29.6 Å². The van der Waals surface area contributed by atoms with E-state index >= 15 is 0 Å². The van der Waals surface area contributed by atoms with E-state index in [0.717, 1.165) is 45.6 Å². The summed E-state index contributed by atoms with van der Waals surface area (Å²) in [6, 6.07) is 4.58.